The van der Waals surface area contributed by atoms with E-state index in [0.29, 0.717) is 25.3 Å². The summed E-state index contributed by atoms with van der Waals surface area (Å²) in [5.41, 5.74) is 5.25. The number of carbonyl (C=O) groups excluding carboxylic acids is 1. The minimum absolute atomic E-state index is 0.00701. The number of carbonyl (C=O) groups is 1. The van der Waals surface area contributed by atoms with E-state index in [1.807, 2.05) is 51.9 Å². The van der Waals surface area contributed by atoms with Crippen LogP contribution in [0.15, 0.2) is 71.5 Å². The van der Waals surface area contributed by atoms with Crippen molar-refractivity contribution in [3.8, 4) is 11.3 Å². The van der Waals surface area contributed by atoms with Crippen LogP contribution in [-0.4, -0.2) is 51.1 Å². The second-order valence-electron chi connectivity index (χ2n) is 10.7. The van der Waals surface area contributed by atoms with Gasteiger partial charge in [0, 0.05) is 56.6 Å². The third kappa shape index (κ3) is 4.65. The van der Waals surface area contributed by atoms with Gasteiger partial charge in [-0.05, 0) is 41.8 Å². The van der Waals surface area contributed by atoms with Crippen LogP contribution in [0.5, 0.6) is 0 Å². The van der Waals surface area contributed by atoms with E-state index in [1.165, 1.54) is 0 Å². The van der Waals surface area contributed by atoms with Gasteiger partial charge in [0.2, 0.25) is 0 Å². The summed E-state index contributed by atoms with van der Waals surface area (Å²) >= 11 is 0. The number of piperazine rings is 1. The zero-order valence-electron chi connectivity index (χ0n) is 21.4. The predicted molar refractivity (Wildman–Crippen MR) is 144 cm³/mol. The van der Waals surface area contributed by atoms with Gasteiger partial charge >= 0.3 is 5.69 Å². The van der Waals surface area contributed by atoms with Crippen LogP contribution in [0, 0.1) is 5.41 Å². The summed E-state index contributed by atoms with van der Waals surface area (Å²) < 4.78 is 3.45. The molecule has 7 nitrogen and oxygen atoms in total. The Morgan fingerprint density at radius 1 is 0.889 bits per heavy atom. The van der Waals surface area contributed by atoms with E-state index in [1.54, 1.807) is 11.6 Å². The Hall–Kier alpha value is -3.87. The molecule has 2 aromatic carbocycles. The molecule has 186 valence electrons. The van der Waals surface area contributed by atoms with Crippen molar-refractivity contribution in [2.45, 2.75) is 27.3 Å². The van der Waals surface area contributed by atoms with Gasteiger partial charge in [-0.2, -0.15) is 0 Å². The highest BCUT2D eigenvalue weighted by Crippen LogP contribution is 2.26. The van der Waals surface area contributed by atoms with Gasteiger partial charge < -0.3 is 9.80 Å². The van der Waals surface area contributed by atoms with E-state index < -0.39 is 0 Å². The first-order valence-electron chi connectivity index (χ1n) is 12.5. The highest BCUT2D eigenvalue weighted by Gasteiger charge is 2.22. The summed E-state index contributed by atoms with van der Waals surface area (Å²) in [5, 5.41) is 0. The average Bonchev–Trinajstić information content (AvgIpc) is 3.12. The minimum Gasteiger partial charge on any atom is -0.368 e. The van der Waals surface area contributed by atoms with E-state index in [-0.39, 0.29) is 17.0 Å². The molecule has 1 aliphatic rings. The number of pyridine rings is 1. The van der Waals surface area contributed by atoms with Gasteiger partial charge in [0.1, 0.15) is 0 Å². The molecule has 1 fully saturated rings. The van der Waals surface area contributed by atoms with Crippen LogP contribution < -0.4 is 10.6 Å². The van der Waals surface area contributed by atoms with Gasteiger partial charge in [0.15, 0.2) is 5.65 Å². The molecule has 5 rings (SSSR count). The lowest BCUT2D eigenvalue weighted by Gasteiger charge is -2.36. The lowest BCUT2D eigenvalue weighted by molar-refractivity contribution is 0.0747. The van der Waals surface area contributed by atoms with Crippen LogP contribution in [-0.2, 0) is 13.6 Å². The minimum atomic E-state index is -0.0372. The summed E-state index contributed by atoms with van der Waals surface area (Å²) in [6.45, 7) is 10.0. The van der Waals surface area contributed by atoms with Crippen molar-refractivity contribution in [2.75, 3.05) is 31.1 Å². The molecule has 0 aliphatic carbocycles. The second kappa shape index (κ2) is 9.30. The van der Waals surface area contributed by atoms with Crippen LogP contribution in [0.4, 0.5) is 5.69 Å². The first kappa shape index (κ1) is 23.9. The van der Waals surface area contributed by atoms with Crippen LogP contribution in [0.3, 0.4) is 0 Å². The quantitative estimate of drug-likeness (QED) is 0.431. The number of nitrogens with zero attached hydrogens (tertiary/aromatic N) is 5. The summed E-state index contributed by atoms with van der Waals surface area (Å²) in [4.78, 5) is 34.6. The number of imidazole rings is 1. The van der Waals surface area contributed by atoms with Crippen LogP contribution in [0.1, 0.15) is 31.1 Å². The van der Waals surface area contributed by atoms with Crippen molar-refractivity contribution in [1.82, 2.24) is 19.0 Å². The Labute approximate surface area is 211 Å². The number of hydrogen-bond donors (Lipinski definition) is 0. The molecule has 3 heterocycles. The molecule has 2 aromatic heterocycles. The van der Waals surface area contributed by atoms with Gasteiger partial charge in [0.25, 0.3) is 5.91 Å². The lowest BCUT2D eigenvalue weighted by atomic mass is 9.97. The number of aromatic nitrogens is 3. The molecular formula is C29H33N5O2. The molecule has 0 N–H and O–H groups in total. The van der Waals surface area contributed by atoms with E-state index in [0.717, 1.165) is 41.1 Å². The molecule has 36 heavy (non-hydrogen) atoms. The van der Waals surface area contributed by atoms with Crippen molar-refractivity contribution in [1.29, 1.82) is 0 Å². The molecule has 1 saturated heterocycles. The molecule has 1 aliphatic heterocycles. The van der Waals surface area contributed by atoms with Gasteiger partial charge in [-0.25, -0.2) is 9.78 Å². The van der Waals surface area contributed by atoms with Crippen LogP contribution in [0.2, 0.25) is 0 Å². The largest absolute Gasteiger partial charge is 0.368 e. The van der Waals surface area contributed by atoms with Crippen molar-refractivity contribution in [3.05, 3.63) is 82.8 Å². The maximum absolute atomic E-state index is 12.8. The molecule has 0 unspecified atom stereocenters. The third-order valence-electron chi connectivity index (χ3n) is 6.73. The van der Waals surface area contributed by atoms with Crippen molar-refractivity contribution in [3.63, 3.8) is 0 Å². The predicted octanol–water partition coefficient (Wildman–Crippen LogP) is 4.41. The SMILES string of the molecule is Cn1c(=O)n(CC(C)(C)C)c2ccc(-c3ccc(N4CCN(C(=O)c5ccccc5)CC4)cc3)nc21. The molecule has 0 spiro atoms. The summed E-state index contributed by atoms with van der Waals surface area (Å²) in [6.07, 6.45) is 0. The monoisotopic (exact) mass is 483 g/mol. The van der Waals surface area contributed by atoms with Gasteiger partial charge in [-0.1, -0.05) is 51.1 Å². The normalized spacial score (nSPS) is 14.4. The second-order valence-corrected chi connectivity index (χ2v) is 10.7. The highest BCUT2D eigenvalue weighted by molar-refractivity contribution is 5.94. The fourth-order valence-corrected chi connectivity index (χ4v) is 4.84. The first-order chi connectivity index (χ1) is 17.2. The van der Waals surface area contributed by atoms with Crippen molar-refractivity contribution < 1.29 is 4.79 Å². The van der Waals surface area contributed by atoms with Gasteiger partial charge in [0.05, 0.1) is 11.2 Å². The number of hydrogen-bond acceptors (Lipinski definition) is 4. The highest BCUT2D eigenvalue weighted by atomic mass is 16.2. The zero-order valence-corrected chi connectivity index (χ0v) is 21.4. The number of aryl methyl sites for hydroxylation is 1. The van der Waals surface area contributed by atoms with Crippen LogP contribution in [0.25, 0.3) is 22.4 Å². The Morgan fingerprint density at radius 3 is 2.19 bits per heavy atom. The van der Waals surface area contributed by atoms with E-state index in [2.05, 4.69) is 49.9 Å². The molecule has 0 radical (unpaired) electrons. The van der Waals surface area contributed by atoms with E-state index in [9.17, 15) is 9.59 Å². The van der Waals surface area contributed by atoms with Gasteiger partial charge in [-0.3, -0.25) is 13.9 Å². The fraction of sp³-hybridized carbons (Fsp3) is 0.345. The lowest BCUT2D eigenvalue weighted by Crippen LogP contribution is -2.48. The average molecular weight is 484 g/mol. The number of fused-ring (bicyclic) bond motifs is 1. The van der Waals surface area contributed by atoms with Crippen LogP contribution >= 0.6 is 0 Å². The summed E-state index contributed by atoms with van der Waals surface area (Å²) in [6, 6.07) is 21.8. The zero-order chi connectivity index (χ0) is 25.4. The fourth-order valence-electron chi connectivity index (χ4n) is 4.84. The van der Waals surface area contributed by atoms with E-state index >= 15 is 0 Å². The molecule has 0 bridgehead atoms. The molecule has 0 saturated carbocycles. The summed E-state index contributed by atoms with van der Waals surface area (Å²) in [5.74, 6) is 0.0952. The van der Waals surface area contributed by atoms with Crippen molar-refractivity contribution >= 4 is 22.8 Å². The van der Waals surface area contributed by atoms with E-state index in [4.69, 9.17) is 4.98 Å². The number of benzene rings is 2. The Balaban J connectivity index is 1.31. The third-order valence-corrected chi connectivity index (χ3v) is 6.73. The Bertz CT molecular complexity index is 1440. The number of rotatable bonds is 4. The number of amides is 1. The van der Waals surface area contributed by atoms with Gasteiger partial charge in [-0.15, -0.1) is 0 Å². The molecule has 4 aromatic rings. The molecule has 7 heteroatoms. The molecule has 1 amide bonds. The topological polar surface area (TPSA) is 63.4 Å². The Morgan fingerprint density at radius 2 is 1.56 bits per heavy atom. The van der Waals surface area contributed by atoms with Crippen molar-refractivity contribution in [2.24, 2.45) is 12.5 Å². The maximum Gasteiger partial charge on any atom is 0.330 e. The summed E-state index contributed by atoms with van der Waals surface area (Å²) in [7, 11) is 1.78. The standard InChI is InChI=1S/C29H33N5O2/c1-29(2,3)20-34-25-15-14-24(30-26(25)31(4)28(34)36)21-10-12-23(13-11-21)32-16-18-33(19-17-32)27(35)22-8-6-5-7-9-22/h5-15H,16-20H2,1-4H3. The maximum atomic E-state index is 12.8. The molecule has 0 atom stereocenters. The number of anilines is 1. The Kier molecular flexibility index (Phi) is 6.16. The smallest absolute Gasteiger partial charge is 0.330 e. The first-order valence-corrected chi connectivity index (χ1v) is 12.5. The molecular weight excluding hydrogens is 450 g/mol.